The lowest BCUT2D eigenvalue weighted by Gasteiger charge is -2.15. The van der Waals surface area contributed by atoms with E-state index in [1.165, 1.54) is 226 Å². The Kier molecular flexibility index (Phi) is 17.8. The molecule has 10 heteroatoms. The van der Waals surface area contributed by atoms with Crippen LogP contribution < -0.4 is 0 Å². The Bertz CT molecular complexity index is 10200. The van der Waals surface area contributed by atoms with E-state index in [1.54, 1.807) is 23.5 Å². The number of nitrogens with zero attached hydrogens (tertiary/aromatic N) is 6. The quantitative estimate of drug-likeness (QED) is 0.138. The molecule has 0 fully saturated rings. The zero-order chi connectivity index (χ0) is 89.3. The van der Waals surface area contributed by atoms with Crippen molar-refractivity contribution >= 4 is 225 Å². The number of aromatic nitrogens is 6. The van der Waals surface area contributed by atoms with Crippen molar-refractivity contribution in [1.29, 1.82) is 0 Å². The molecule has 0 aliphatic heterocycles. The summed E-state index contributed by atoms with van der Waals surface area (Å²) >= 11 is 5.50. The molecule has 30 rings (SSSR count). The molecule has 9 heterocycles. The number of benzene rings is 21. The van der Waals surface area contributed by atoms with Crippen LogP contribution in [0, 0.1) is 5.82 Å². The maximum absolute atomic E-state index is 14.1. The van der Waals surface area contributed by atoms with Gasteiger partial charge >= 0.3 is 0 Å². The molecule has 0 aliphatic rings. The van der Waals surface area contributed by atoms with Gasteiger partial charge in [0.25, 0.3) is 0 Å². The minimum Gasteiger partial charge on any atom is -0.309 e. The summed E-state index contributed by atoms with van der Waals surface area (Å²) in [5.41, 5.74) is 28.9. The van der Waals surface area contributed by atoms with Crippen molar-refractivity contribution in [3.05, 3.63) is 473 Å². The van der Waals surface area contributed by atoms with Crippen LogP contribution in [0.5, 0.6) is 0 Å². The number of hydrogen-bond donors (Lipinski definition) is 0. The third kappa shape index (κ3) is 12.1. The molecule has 0 aliphatic carbocycles. The van der Waals surface area contributed by atoms with Crippen LogP contribution >= 0.6 is 34.0 Å². The predicted molar refractivity (Wildman–Crippen MR) is 580 cm³/mol. The van der Waals surface area contributed by atoms with Crippen LogP contribution in [-0.4, -0.2) is 27.4 Å². The Morgan fingerprint density at radius 3 is 0.846 bits per heavy atom. The van der Waals surface area contributed by atoms with Gasteiger partial charge in [-0.05, 0) is 192 Å². The van der Waals surface area contributed by atoms with Gasteiger partial charge in [0.1, 0.15) is 5.82 Å². The first-order valence-electron chi connectivity index (χ1n) is 46.2. The third-order valence-corrected chi connectivity index (χ3v) is 31.7. The lowest BCUT2D eigenvalue weighted by Crippen LogP contribution is -1.97. The normalized spacial score (nSPS) is 12.0. The van der Waals surface area contributed by atoms with Crippen LogP contribution in [0.2, 0.25) is 0 Å². The molecule has 30 aromatic rings. The van der Waals surface area contributed by atoms with E-state index in [4.69, 9.17) is 0 Å². The van der Waals surface area contributed by atoms with Gasteiger partial charge in [0.2, 0.25) is 0 Å². The second-order valence-electron chi connectivity index (χ2n) is 35.4. The number of thiophene rings is 3. The Morgan fingerprint density at radius 2 is 0.426 bits per heavy atom. The van der Waals surface area contributed by atoms with E-state index in [0.29, 0.717) is 0 Å². The fraction of sp³-hybridized carbons (Fsp3) is 0. The van der Waals surface area contributed by atoms with E-state index in [9.17, 15) is 4.39 Å². The smallest absolute Gasteiger partial charge is 0.123 e. The average Bonchev–Trinajstić information content (AvgIpc) is 1.56. The largest absolute Gasteiger partial charge is 0.309 e. The molecule has 9 aromatic heterocycles. The van der Waals surface area contributed by atoms with Crippen LogP contribution in [0.3, 0.4) is 0 Å². The van der Waals surface area contributed by atoms with Gasteiger partial charge in [-0.15, -0.1) is 34.0 Å². The summed E-state index contributed by atoms with van der Waals surface area (Å²) in [5, 5.41) is 22.4. The van der Waals surface area contributed by atoms with Gasteiger partial charge in [0, 0.05) is 165 Å². The summed E-state index contributed by atoms with van der Waals surface area (Å²) < 4.78 is 36.3. The molecule has 636 valence electrons. The summed E-state index contributed by atoms with van der Waals surface area (Å²) in [4.78, 5) is 0. The van der Waals surface area contributed by atoms with Crippen LogP contribution in [0.1, 0.15) is 0 Å². The number of halogens is 1. The van der Waals surface area contributed by atoms with Gasteiger partial charge < -0.3 is 27.4 Å². The Balaban J connectivity index is 0.000000101. The second-order valence-corrected chi connectivity index (χ2v) is 38.5. The maximum Gasteiger partial charge on any atom is 0.123 e. The minimum atomic E-state index is -0.199. The third-order valence-electron chi connectivity index (χ3n) is 28.0. The van der Waals surface area contributed by atoms with Crippen molar-refractivity contribution < 1.29 is 4.39 Å². The maximum atomic E-state index is 14.1. The molecule has 0 atom stereocenters. The van der Waals surface area contributed by atoms with Gasteiger partial charge in [0.15, 0.2) is 0 Å². The molecule has 0 unspecified atom stereocenters. The average molecular weight is 1790 g/mol. The summed E-state index contributed by atoms with van der Waals surface area (Å²) in [6.07, 6.45) is 0. The van der Waals surface area contributed by atoms with Gasteiger partial charge in [-0.3, -0.25) is 0 Å². The van der Waals surface area contributed by atoms with Crippen LogP contribution in [-0.2, 0) is 0 Å². The highest BCUT2D eigenvalue weighted by Crippen LogP contribution is 2.50. The van der Waals surface area contributed by atoms with E-state index >= 15 is 0 Å². The van der Waals surface area contributed by atoms with Gasteiger partial charge in [-0.1, -0.05) is 297 Å². The van der Waals surface area contributed by atoms with Gasteiger partial charge in [-0.2, -0.15) is 0 Å². The summed E-state index contributed by atoms with van der Waals surface area (Å²) in [5.74, 6) is -0.199. The zero-order valence-electron chi connectivity index (χ0n) is 73.2. The molecular weight excluding hydrogens is 1710 g/mol. The first kappa shape index (κ1) is 77.7. The first-order valence-corrected chi connectivity index (χ1v) is 48.6. The Hall–Kier alpha value is -17.0. The standard InChI is InChI=1S/C42H25FN2S.2C42H26N2S/c43-27-19-22-41-36(23-27)33-14-8-13-30(42(33)46-41)26-17-20-29(21-18-26)45-38-16-7-5-12-32(38)35-24-39-34(25-40(35)45)31-11-4-6-15-37(31)44(39)28-9-2-1-3-10-28;1-2-13-27(14-3-1)43-36-21-8-5-16-29(36)34-26-40-35(25-39(34)43)30-17-6-10-23-38(30)44(40)37-22-9-4-15-28(37)32-19-12-20-33-31-18-7-11-24-41(31)45-42(32)33;1-2-13-28(14-3-1)43-37-21-7-4-16-31(37)35-26-40-36(25-39(35)43)32-17-5-8-22-38(32)44(40)29-15-10-12-27(24-29)30-19-11-20-34-33-18-6-9-23-41(33)45-42(30)34/h1-25H;2*1-26H. The second kappa shape index (κ2) is 31.1. The van der Waals surface area contributed by atoms with Crippen molar-refractivity contribution in [3.8, 4) is 67.5 Å². The first-order chi connectivity index (χ1) is 67.4. The summed E-state index contributed by atoms with van der Waals surface area (Å²) in [7, 11) is 0. The molecule has 21 aromatic carbocycles. The lowest BCUT2D eigenvalue weighted by atomic mass is 10.0. The summed E-state index contributed by atoms with van der Waals surface area (Å²) in [6, 6.07) is 168. The van der Waals surface area contributed by atoms with Crippen molar-refractivity contribution in [2.45, 2.75) is 0 Å². The van der Waals surface area contributed by atoms with E-state index in [0.717, 1.165) is 32.4 Å². The van der Waals surface area contributed by atoms with Crippen LogP contribution in [0.15, 0.2) is 467 Å². The van der Waals surface area contributed by atoms with E-state index in [-0.39, 0.29) is 5.82 Å². The molecule has 0 N–H and O–H groups in total. The molecular formula is C126H77FN6S3. The molecule has 0 radical (unpaired) electrons. The summed E-state index contributed by atoms with van der Waals surface area (Å²) in [6.45, 7) is 0. The molecule has 0 saturated heterocycles. The predicted octanol–water partition coefficient (Wildman–Crippen LogP) is 35.9. The SMILES string of the molecule is Fc1ccc2sc3c(-c4ccc(-n5c6ccccc6c6cc7c(cc65)c5ccccc5n7-c5ccccc5)cc4)cccc3c2c1.c1ccc(-n2c3ccccc3c3cc4c(cc32)c2ccccc2n4-c2cccc(-c3cccc4c3sc3ccccc34)c2)cc1.c1ccc(-n2c3ccccc3c3cc4c(cc32)c2ccccc2n4-c2ccccc2-c2cccc3c2sc2ccccc23)cc1. The fourth-order valence-corrected chi connectivity index (χ4v) is 25.8. The molecule has 0 bridgehead atoms. The highest BCUT2D eigenvalue weighted by molar-refractivity contribution is 7.27. The molecule has 6 nitrogen and oxygen atoms in total. The van der Waals surface area contributed by atoms with E-state index in [2.05, 4.69) is 476 Å². The van der Waals surface area contributed by atoms with Crippen molar-refractivity contribution in [1.82, 2.24) is 27.4 Å². The van der Waals surface area contributed by atoms with E-state index < -0.39 is 0 Å². The number of rotatable bonds is 9. The Morgan fingerprint density at radius 1 is 0.147 bits per heavy atom. The molecule has 0 saturated carbocycles. The molecule has 136 heavy (non-hydrogen) atoms. The van der Waals surface area contributed by atoms with Crippen LogP contribution in [0.4, 0.5) is 4.39 Å². The minimum absolute atomic E-state index is 0.199. The molecule has 0 spiro atoms. The van der Waals surface area contributed by atoms with Crippen molar-refractivity contribution in [3.63, 3.8) is 0 Å². The number of para-hydroxylation sites is 10. The van der Waals surface area contributed by atoms with Gasteiger partial charge in [-0.25, -0.2) is 4.39 Å². The topological polar surface area (TPSA) is 29.6 Å². The highest BCUT2D eigenvalue weighted by atomic mass is 32.1. The zero-order valence-corrected chi connectivity index (χ0v) is 75.7. The van der Waals surface area contributed by atoms with Crippen LogP contribution in [0.25, 0.3) is 259 Å². The fourth-order valence-electron chi connectivity index (χ4n) is 22.1. The highest BCUT2D eigenvalue weighted by Gasteiger charge is 2.26. The number of fused-ring (bicyclic) bond motifs is 27. The monoisotopic (exact) mass is 1790 g/mol. The van der Waals surface area contributed by atoms with E-state index in [1.807, 2.05) is 28.7 Å². The van der Waals surface area contributed by atoms with Gasteiger partial charge in [0.05, 0.1) is 71.9 Å². The van der Waals surface area contributed by atoms with Crippen molar-refractivity contribution in [2.75, 3.05) is 0 Å². The lowest BCUT2D eigenvalue weighted by molar-refractivity contribution is 0.630. The number of hydrogen-bond acceptors (Lipinski definition) is 3. The Labute approximate surface area is 791 Å². The molecule has 0 amide bonds. The van der Waals surface area contributed by atoms with Crippen molar-refractivity contribution in [2.24, 2.45) is 0 Å².